The van der Waals surface area contributed by atoms with E-state index in [2.05, 4.69) is 0 Å². The van der Waals surface area contributed by atoms with Gasteiger partial charge in [-0.2, -0.15) is 13.2 Å². The average Bonchev–Trinajstić information content (AvgIpc) is 3.60. The second kappa shape index (κ2) is 13.9. The predicted molar refractivity (Wildman–Crippen MR) is 174 cm³/mol. The lowest BCUT2D eigenvalue weighted by atomic mass is 9.81. The number of ether oxygens (including phenoxy) is 4. The maximum Gasteiger partial charge on any atom is 0.416 e. The molecule has 0 radical (unpaired) electrons. The van der Waals surface area contributed by atoms with E-state index in [0.29, 0.717) is 28.0 Å². The summed E-state index contributed by atoms with van der Waals surface area (Å²) in [5.41, 5.74) is -4.34. The molecule has 2 heterocycles. The standard InChI is InChI=1S/C37H33ClF4N2O6/c1-3-47-31-11-7-5-9-28(31)35(43(33(45)22-49-35)20-24-13-17-27(38)18-14-24)36(29-10-6-8-12-32(29)48-4-2)44(34(46)23-50-36)21-25-15-16-26(19-30(25)39)37(40,41)42/h5-19H,3-4,20-23H2,1-2H3. The number of carbonyl (C=O) groups is 2. The Bertz CT molecular complexity index is 1890. The minimum atomic E-state index is -4.79. The lowest BCUT2D eigenvalue weighted by Crippen LogP contribution is -2.65. The molecule has 2 fully saturated rings. The van der Waals surface area contributed by atoms with Gasteiger partial charge >= 0.3 is 6.18 Å². The van der Waals surface area contributed by atoms with Crippen molar-refractivity contribution in [1.82, 2.24) is 9.80 Å². The highest BCUT2D eigenvalue weighted by molar-refractivity contribution is 6.30. The van der Waals surface area contributed by atoms with Gasteiger partial charge in [-0.3, -0.25) is 19.4 Å². The molecule has 0 aliphatic carbocycles. The quantitative estimate of drug-likeness (QED) is 0.151. The van der Waals surface area contributed by atoms with E-state index < -0.39 is 60.6 Å². The summed E-state index contributed by atoms with van der Waals surface area (Å²) in [5.74, 6) is -1.72. The lowest BCUT2D eigenvalue weighted by molar-refractivity contribution is -0.286. The third-order valence-electron chi connectivity index (χ3n) is 8.70. The van der Waals surface area contributed by atoms with E-state index in [9.17, 15) is 22.8 Å². The number of rotatable bonds is 11. The molecule has 2 aliphatic rings. The highest BCUT2D eigenvalue weighted by Gasteiger charge is 2.71. The van der Waals surface area contributed by atoms with Crippen LogP contribution in [0.15, 0.2) is 91.0 Å². The van der Waals surface area contributed by atoms with Crippen LogP contribution >= 0.6 is 11.6 Å². The normalized spacial score (nSPS) is 20.9. The maximum atomic E-state index is 15.6. The second-order valence-corrected chi connectivity index (χ2v) is 12.1. The summed E-state index contributed by atoms with van der Waals surface area (Å²) in [6.07, 6.45) is -4.79. The van der Waals surface area contributed by atoms with Gasteiger partial charge in [-0.1, -0.05) is 66.2 Å². The van der Waals surface area contributed by atoms with Crippen LogP contribution in [-0.4, -0.2) is 48.0 Å². The molecule has 0 N–H and O–H groups in total. The molecule has 2 aliphatic heterocycles. The Morgan fingerprint density at radius 2 is 1.24 bits per heavy atom. The molecule has 0 aromatic heterocycles. The smallest absolute Gasteiger partial charge is 0.416 e. The van der Waals surface area contributed by atoms with Crippen LogP contribution in [0.25, 0.3) is 0 Å². The van der Waals surface area contributed by atoms with Crippen molar-refractivity contribution in [2.45, 2.75) is 44.6 Å². The second-order valence-electron chi connectivity index (χ2n) is 11.6. The Morgan fingerprint density at radius 3 is 1.72 bits per heavy atom. The number of alkyl halides is 3. The van der Waals surface area contributed by atoms with Crippen molar-refractivity contribution in [3.63, 3.8) is 0 Å². The van der Waals surface area contributed by atoms with E-state index in [1.165, 1.54) is 9.80 Å². The zero-order valence-electron chi connectivity index (χ0n) is 27.1. The van der Waals surface area contributed by atoms with Crippen molar-refractivity contribution in [3.05, 3.63) is 130 Å². The summed E-state index contributed by atoms with van der Waals surface area (Å²) >= 11 is 6.18. The first-order chi connectivity index (χ1) is 24.0. The van der Waals surface area contributed by atoms with Crippen LogP contribution in [0.1, 0.15) is 41.7 Å². The molecule has 50 heavy (non-hydrogen) atoms. The molecule has 2 saturated heterocycles. The molecule has 0 spiro atoms. The van der Waals surface area contributed by atoms with Gasteiger partial charge in [0.05, 0.1) is 36.4 Å². The predicted octanol–water partition coefficient (Wildman–Crippen LogP) is 7.42. The number of hydrogen-bond acceptors (Lipinski definition) is 6. The first-order valence-electron chi connectivity index (χ1n) is 15.9. The molecule has 4 aromatic carbocycles. The molecule has 13 heteroatoms. The maximum absolute atomic E-state index is 15.6. The minimum absolute atomic E-state index is 0.0605. The number of para-hydroxylation sites is 2. The zero-order chi connectivity index (χ0) is 35.7. The van der Waals surface area contributed by atoms with Crippen LogP contribution in [0, 0.1) is 5.82 Å². The van der Waals surface area contributed by atoms with Crippen molar-refractivity contribution in [3.8, 4) is 11.5 Å². The molecular weight excluding hydrogens is 680 g/mol. The number of halogens is 5. The fourth-order valence-corrected chi connectivity index (χ4v) is 6.74. The minimum Gasteiger partial charge on any atom is -0.493 e. The Labute approximate surface area is 291 Å². The van der Waals surface area contributed by atoms with E-state index in [-0.39, 0.29) is 36.6 Å². The SMILES string of the molecule is CCOc1ccccc1C1(C2(c3ccccc3OCC)OCC(=O)N2Cc2ccc(C(F)(F)F)cc2F)OCC(=O)N1Cc1ccc(Cl)cc1. The van der Waals surface area contributed by atoms with Crippen molar-refractivity contribution in [1.29, 1.82) is 0 Å². The van der Waals surface area contributed by atoms with Crippen LogP contribution in [0.2, 0.25) is 5.02 Å². The van der Waals surface area contributed by atoms with Crippen molar-refractivity contribution >= 4 is 23.4 Å². The van der Waals surface area contributed by atoms with E-state index in [1.807, 2.05) is 0 Å². The Kier molecular flexibility index (Phi) is 9.80. The molecular formula is C37H33ClF4N2O6. The highest BCUT2D eigenvalue weighted by Crippen LogP contribution is 2.59. The molecule has 2 amide bonds. The highest BCUT2D eigenvalue weighted by atomic mass is 35.5. The van der Waals surface area contributed by atoms with E-state index >= 15 is 4.39 Å². The van der Waals surface area contributed by atoms with Crippen LogP contribution < -0.4 is 9.47 Å². The van der Waals surface area contributed by atoms with E-state index in [1.54, 1.807) is 86.6 Å². The van der Waals surface area contributed by atoms with Gasteiger partial charge in [-0.05, 0) is 55.8 Å². The average molecular weight is 713 g/mol. The monoisotopic (exact) mass is 712 g/mol. The molecule has 0 saturated carbocycles. The van der Waals surface area contributed by atoms with Gasteiger partial charge in [-0.15, -0.1) is 0 Å². The number of benzene rings is 4. The van der Waals surface area contributed by atoms with Crippen LogP contribution in [0.3, 0.4) is 0 Å². The van der Waals surface area contributed by atoms with Crippen LogP contribution in [-0.2, 0) is 49.8 Å². The van der Waals surface area contributed by atoms with Crippen LogP contribution in [0.5, 0.6) is 11.5 Å². The number of carbonyl (C=O) groups excluding carboxylic acids is 2. The number of amides is 2. The summed E-state index contributed by atoms with van der Waals surface area (Å²) in [6, 6.07) is 22.5. The summed E-state index contributed by atoms with van der Waals surface area (Å²) in [4.78, 5) is 30.9. The van der Waals surface area contributed by atoms with Crippen molar-refractivity contribution in [2.24, 2.45) is 0 Å². The molecule has 262 valence electrons. The van der Waals surface area contributed by atoms with Gasteiger partial charge in [-0.25, -0.2) is 4.39 Å². The van der Waals surface area contributed by atoms with Gasteiger partial charge in [0, 0.05) is 17.1 Å². The fourth-order valence-electron chi connectivity index (χ4n) is 6.62. The largest absolute Gasteiger partial charge is 0.493 e. The van der Waals surface area contributed by atoms with Gasteiger partial charge in [0.25, 0.3) is 11.8 Å². The van der Waals surface area contributed by atoms with Gasteiger partial charge in [0.1, 0.15) is 30.5 Å². The van der Waals surface area contributed by atoms with E-state index in [4.69, 9.17) is 30.5 Å². The molecule has 2 unspecified atom stereocenters. The third-order valence-corrected chi connectivity index (χ3v) is 8.95. The first-order valence-corrected chi connectivity index (χ1v) is 16.3. The van der Waals surface area contributed by atoms with Crippen molar-refractivity contribution < 1.29 is 46.1 Å². The van der Waals surface area contributed by atoms with Crippen LogP contribution in [0.4, 0.5) is 17.6 Å². The topological polar surface area (TPSA) is 77.5 Å². The van der Waals surface area contributed by atoms with Gasteiger partial charge in [0.15, 0.2) is 0 Å². The molecule has 8 nitrogen and oxygen atoms in total. The molecule has 0 bridgehead atoms. The summed E-state index contributed by atoms with van der Waals surface area (Å²) < 4.78 is 81.6. The molecule has 2 atom stereocenters. The van der Waals surface area contributed by atoms with Gasteiger partial charge in [0.2, 0.25) is 11.4 Å². The number of hydrogen-bond donors (Lipinski definition) is 0. The Morgan fingerprint density at radius 1 is 0.740 bits per heavy atom. The fraction of sp³-hybridized carbons (Fsp3) is 0.297. The van der Waals surface area contributed by atoms with E-state index in [0.717, 1.165) is 12.1 Å². The summed E-state index contributed by atoms with van der Waals surface area (Å²) in [5, 5.41) is 0.474. The Balaban J connectivity index is 1.67. The van der Waals surface area contributed by atoms with Gasteiger partial charge < -0.3 is 18.9 Å². The lowest BCUT2D eigenvalue weighted by Gasteiger charge is -2.52. The Hall–Kier alpha value is -4.65. The third kappa shape index (κ3) is 6.05. The molecule has 4 aromatic rings. The summed E-state index contributed by atoms with van der Waals surface area (Å²) in [7, 11) is 0. The first kappa shape index (κ1) is 35.2. The zero-order valence-corrected chi connectivity index (χ0v) is 27.9. The summed E-state index contributed by atoms with van der Waals surface area (Å²) in [6.45, 7) is 2.35. The number of nitrogens with zero attached hydrogens (tertiary/aromatic N) is 2. The van der Waals surface area contributed by atoms with Crippen molar-refractivity contribution in [2.75, 3.05) is 26.4 Å². The molecule has 6 rings (SSSR count).